The number of furan rings is 1. The van der Waals surface area contributed by atoms with Crippen LogP contribution in [0.1, 0.15) is 21.7 Å². The van der Waals surface area contributed by atoms with E-state index >= 15 is 0 Å². The van der Waals surface area contributed by atoms with E-state index in [1.807, 2.05) is 83.8 Å². The summed E-state index contributed by atoms with van der Waals surface area (Å²) in [6.07, 6.45) is 5.35. The molecule has 3 aromatic carbocycles. The molecule has 3 aliphatic rings. The van der Waals surface area contributed by atoms with Crippen LogP contribution < -0.4 is 15.5 Å². The van der Waals surface area contributed by atoms with Crippen LogP contribution >= 0.6 is 0 Å². The molecule has 1 spiro atoms. The first kappa shape index (κ1) is 22.3. The zero-order valence-electron chi connectivity index (χ0n) is 20.2. The lowest BCUT2D eigenvalue weighted by molar-refractivity contribution is -0.122. The number of anilines is 3. The minimum atomic E-state index is -1.36. The van der Waals surface area contributed by atoms with Crippen molar-refractivity contribution >= 4 is 40.7 Å². The first-order valence-electron chi connectivity index (χ1n) is 12.5. The van der Waals surface area contributed by atoms with E-state index in [9.17, 15) is 14.4 Å². The van der Waals surface area contributed by atoms with Crippen molar-refractivity contribution in [3.8, 4) is 0 Å². The van der Waals surface area contributed by atoms with Crippen LogP contribution in [0.2, 0.25) is 0 Å². The van der Waals surface area contributed by atoms with Crippen molar-refractivity contribution in [2.24, 2.45) is 5.92 Å². The number of carbonyl (C=O) groups is 3. The topological polar surface area (TPSA) is 91.7 Å². The fourth-order valence-electron chi connectivity index (χ4n) is 6.43. The molecule has 4 atom stereocenters. The fourth-order valence-corrected chi connectivity index (χ4v) is 6.43. The van der Waals surface area contributed by atoms with Gasteiger partial charge in [-0.1, -0.05) is 66.7 Å². The van der Waals surface area contributed by atoms with Crippen molar-refractivity contribution in [2.75, 3.05) is 15.5 Å². The van der Waals surface area contributed by atoms with Gasteiger partial charge in [0.15, 0.2) is 5.76 Å². The Morgan fingerprint density at radius 1 is 0.895 bits per heavy atom. The van der Waals surface area contributed by atoms with Crippen LogP contribution in [-0.4, -0.2) is 29.7 Å². The SMILES string of the molecule is O=C(c1ccco1)[C@@H]1[C@H](C(=O)Nc2ccccc2)N2c3ccccc3C=C[C@@H]2[C@@]12C(=O)Nc1ccccc12. The maximum absolute atomic E-state index is 14.3. The lowest BCUT2D eigenvalue weighted by Crippen LogP contribution is -2.51. The maximum Gasteiger partial charge on any atom is 0.247 e. The molecule has 186 valence electrons. The minimum absolute atomic E-state index is 0.112. The predicted molar refractivity (Wildman–Crippen MR) is 144 cm³/mol. The van der Waals surface area contributed by atoms with Crippen LogP contribution in [-0.2, 0) is 15.0 Å². The highest BCUT2D eigenvalue weighted by Crippen LogP contribution is 2.57. The summed E-state index contributed by atoms with van der Waals surface area (Å²) < 4.78 is 5.55. The second-order valence-electron chi connectivity index (χ2n) is 9.76. The van der Waals surface area contributed by atoms with Gasteiger partial charge < -0.3 is 20.0 Å². The van der Waals surface area contributed by atoms with Crippen LogP contribution in [0, 0.1) is 5.92 Å². The Labute approximate surface area is 218 Å². The standard InChI is InChI=1S/C31H23N3O4/c35-28(24-15-8-18-38-24)26-27(29(36)32-20-10-2-1-3-11-20)34-23-14-7-4-9-19(23)16-17-25(34)31(26)21-12-5-6-13-22(21)33-30(31)37/h1-18,25-27H,(H,32,36)(H,33,37)/t25-,26+,27-,31-/m1/s1. The predicted octanol–water partition coefficient (Wildman–Crippen LogP) is 4.89. The molecule has 7 nitrogen and oxygen atoms in total. The van der Waals surface area contributed by atoms with Gasteiger partial charge in [0.2, 0.25) is 17.6 Å². The summed E-state index contributed by atoms with van der Waals surface area (Å²) >= 11 is 0. The number of carbonyl (C=O) groups excluding carboxylic acids is 3. The number of nitrogens with zero attached hydrogens (tertiary/aromatic N) is 1. The fraction of sp³-hybridized carbons (Fsp3) is 0.129. The second kappa shape index (κ2) is 8.31. The summed E-state index contributed by atoms with van der Waals surface area (Å²) in [5, 5.41) is 6.02. The van der Waals surface area contributed by atoms with Gasteiger partial charge in [0.25, 0.3) is 0 Å². The van der Waals surface area contributed by atoms with Gasteiger partial charge in [-0.2, -0.15) is 0 Å². The average Bonchev–Trinajstić information content (AvgIpc) is 3.66. The van der Waals surface area contributed by atoms with Crippen LogP contribution in [0.3, 0.4) is 0 Å². The number of rotatable bonds is 4. The van der Waals surface area contributed by atoms with E-state index in [1.165, 1.54) is 6.26 Å². The Hall–Kier alpha value is -4.91. The third-order valence-electron chi connectivity index (χ3n) is 7.90. The maximum atomic E-state index is 14.3. The van der Waals surface area contributed by atoms with Crippen molar-refractivity contribution in [1.82, 2.24) is 0 Å². The molecule has 4 aromatic rings. The minimum Gasteiger partial charge on any atom is -0.461 e. The largest absolute Gasteiger partial charge is 0.461 e. The first-order valence-corrected chi connectivity index (χ1v) is 12.5. The normalized spacial score (nSPS) is 24.5. The molecule has 0 saturated carbocycles. The van der Waals surface area contributed by atoms with Crippen molar-refractivity contribution in [3.63, 3.8) is 0 Å². The Morgan fingerprint density at radius 2 is 1.66 bits per heavy atom. The third kappa shape index (κ3) is 2.99. The highest BCUT2D eigenvalue weighted by molar-refractivity contribution is 6.17. The summed E-state index contributed by atoms with van der Waals surface area (Å²) in [5.74, 6) is -2.03. The Bertz CT molecular complexity index is 1610. The van der Waals surface area contributed by atoms with Gasteiger partial charge in [0.1, 0.15) is 11.5 Å². The van der Waals surface area contributed by atoms with Crippen molar-refractivity contribution in [3.05, 3.63) is 120 Å². The molecule has 7 rings (SSSR count). The van der Waals surface area contributed by atoms with E-state index in [4.69, 9.17) is 4.42 Å². The lowest BCUT2D eigenvalue weighted by Gasteiger charge is -2.37. The van der Waals surface area contributed by atoms with Gasteiger partial charge in [-0.15, -0.1) is 0 Å². The highest BCUT2D eigenvalue weighted by atomic mass is 16.3. The molecule has 38 heavy (non-hydrogen) atoms. The smallest absolute Gasteiger partial charge is 0.247 e. The zero-order valence-corrected chi connectivity index (χ0v) is 20.2. The molecule has 1 aromatic heterocycles. The van der Waals surface area contributed by atoms with Crippen LogP contribution in [0.5, 0.6) is 0 Å². The van der Waals surface area contributed by atoms with Gasteiger partial charge in [-0.05, 0) is 47.5 Å². The van der Waals surface area contributed by atoms with Gasteiger partial charge in [-0.25, -0.2) is 0 Å². The first-order chi connectivity index (χ1) is 18.6. The molecule has 3 aliphatic heterocycles. The zero-order chi connectivity index (χ0) is 25.9. The van der Waals surface area contributed by atoms with Gasteiger partial charge >= 0.3 is 0 Å². The number of fused-ring (bicyclic) bond motifs is 6. The number of para-hydroxylation sites is 3. The molecule has 1 fully saturated rings. The summed E-state index contributed by atoms with van der Waals surface area (Å²) in [6.45, 7) is 0. The van der Waals surface area contributed by atoms with Crippen molar-refractivity contribution < 1.29 is 18.8 Å². The molecule has 0 bridgehead atoms. The van der Waals surface area contributed by atoms with Crippen LogP contribution in [0.25, 0.3) is 6.08 Å². The summed E-state index contributed by atoms with van der Waals surface area (Å²) in [4.78, 5) is 44.7. The molecular formula is C31H23N3O4. The summed E-state index contributed by atoms with van der Waals surface area (Å²) in [6, 6.07) is 25.9. The van der Waals surface area contributed by atoms with Crippen LogP contribution in [0.4, 0.5) is 17.1 Å². The van der Waals surface area contributed by atoms with Gasteiger partial charge in [0, 0.05) is 17.1 Å². The number of Topliss-reactive ketones (excluding diaryl/α,β-unsaturated/α-hetero) is 1. The van der Waals surface area contributed by atoms with Crippen molar-refractivity contribution in [2.45, 2.75) is 17.5 Å². The van der Waals surface area contributed by atoms with Crippen LogP contribution in [0.15, 0.2) is 108 Å². The number of hydrogen-bond donors (Lipinski definition) is 2. The Balaban J connectivity index is 1.49. The third-order valence-corrected chi connectivity index (χ3v) is 7.90. The number of benzene rings is 3. The number of nitrogens with one attached hydrogen (secondary N) is 2. The molecule has 2 amide bonds. The Morgan fingerprint density at radius 3 is 2.47 bits per heavy atom. The van der Waals surface area contributed by atoms with E-state index < -0.39 is 29.2 Å². The van der Waals surface area contributed by atoms with E-state index in [-0.39, 0.29) is 17.6 Å². The molecule has 4 heterocycles. The molecule has 2 N–H and O–H groups in total. The van der Waals surface area contributed by atoms with Crippen molar-refractivity contribution in [1.29, 1.82) is 0 Å². The molecule has 0 aliphatic carbocycles. The Kier molecular flexibility index (Phi) is 4.88. The molecule has 7 heteroatoms. The summed E-state index contributed by atoms with van der Waals surface area (Å²) in [5.41, 5.74) is 2.29. The second-order valence-corrected chi connectivity index (χ2v) is 9.76. The quantitative estimate of drug-likeness (QED) is 0.389. The van der Waals surface area contributed by atoms with Gasteiger partial charge in [-0.3, -0.25) is 14.4 Å². The van der Waals surface area contributed by atoms with E-state index in [0.717, 1.165) is 11.3 Å². The van der Waals surface area contributed by atoms with E-state index in [2.05, 4.69) is 10.6 Å². The lowest BCUT2D eigenvalue weighted by atomic mass is 9.65. The molecular weight excluding hydrogens is 478 g/mol. The average molecular weight is 502 g/mol. The van der Waals surface area contributed by atoms with E-state index in [1.54, 1.807) is 24.3 Å². The summed E-state index contributed by atoms with van der Waals surface area (Å²) in [7, 11) is 0. The number of hydrogen-bond acceptors (Lipinski definition) is 5. The van der Waals surface area contributed by atoms with E-state index in [0.29, 0.717) is 16.9 Å². The number of amides is 2. The molecule has 0 radical (unpaired) electrons. The molecule has 1 saturated heterocycles. The monoisotopic (exact) mass is 501 g/mol. The van der Waals surface area contributed by atoms with Gasteiger partial charge in [0.05, 0.1) is 18.2 Å². The molecule has 0 unspecified atom stereocenters. The number of ketones is 1. The highest BCUT2D eigenvalue weighted by Gasteiger charge is 2.70.